The fraction of sp³-hybridized carbons (Fsp3) is 0.235. The van der Waals surface area contributed by atoms with E-state index in [4.69, 9.17) is 4.74 Å². The highest BCUT2D eigenvalue weighted by atomic mass is 32.1. The molecule has 0 saturated carbocycles. The first-order chi connectivity index (χ1) is 11.5. The molecule has 0 aliphatic carbocycles. The molecule has 6 nitrogen and oxygen atoms in total. The third kappa shape index (κ3) is 5.20. The first-order valence-corrected chi connectivity index (χ1v) is 8.25. The maximum atomic E-state index is 11.9. The third-order valence-electron chi connectivity index (χ3n) is 2.91. The van der Waals surface area contributed by atoms with E-state index in [2.05, 4.69) is 10.6 Å². The number of carbonyl (C=O) groups is 3. The Morgan fingerprint density at radius 3 is 2.42 bits per heavy atom. The van der Waals surface area contributed by atoms with Crippen molar-refractivity contribution in [2.45, 2.75) is 19.9 Å². The SMILES string of the molecule is CC(C)NC(=O)COC(=O)c1ccc(NC(=O)c2cccs2)cc1. The lowest BCUT2D eigenvalue weighted by atomic mass is 10.2. The maximum Gasteiger partial charge on any atom is 0.338 e. The van der Waals surface area contributed by atoms with Crippen molar-refractivity contribution in [2.24, 2.45) is 0 Å². The average molecular weight is 346 g/mol. The number of rotatable bonds is 6. The van der Waals surface area contributed by atoms with E-state index in [1.165, 1.54) is 23.5 Å². The topological polar surface area (TPSA) is 84.5 Å². The highest BCUT2D eigenvalue weighted by Gasteiger charge is 2.12. The number of anilines is 1. The summed E-state index contributed by atoms with van der Waals surface area (Å²) >= 11 is 1.35. The van der Waals surface area contributed by atoms with E-state index in [1.54, 1.807) is 24.3 Å². The van der Waals surface area contributed by atoms with Crippen molar-refractivity contribution in [3.8, 4) is 0 Å². The molecule has 0 radical (unpaired) electrons. The summed E-state index contributed by atoms with van der Waals surface area (Å²) in [6.45, 7) is 3.32. The van der Waals surface area contributed by atoms with Gasteiger partial charge in [-0.2, -0.15) is 0 Å². The molecule has 2 amide bonds. The molecule has 1 aromatic carbocycles. The van der Waals surface area contributed by atoms with Crippen LogP contribution in [0, 0.1) is 0 Å². The Kier molecular flexibility index (Phi) is 6.08. The van der Waals surface area contributed by atoms with Gasteiger partial charge in [0.05, 0.1) is 10.4 Å². The Morgan fingerprint density at radius 2 is 1.83 bits per heavy atom. The van der Waals surface area contributed by atoms with Gasteiger partial charge < -0.3 is 15.4 Å². The van der Waals surface area contributed by atoms with Gasteiger partial charge in [-0.05, 0) is 49.6 Å². The maximum absolute atomic E-state index is 11.9. The van der Waals surface area contributed by atoms with Gasteiger partial charge in [0, 0.05) is 11.7 Å². The summed E-state index contributed by atoms with van der Waals surface area (Å²) in [6.07, 6.45) is 0. The Hall–Kier alpha value is -2.67. The lowest BCUT2D eigenvalue weighted by Crippen LogP contribution is -2.33. The fourth-order valence-electron chi connectivity index (χ4n) is 1.87. The average Bonchev–Trinajstić information content (AvgIpc) is 3.07. The first-order valence-electron chi connectivity index (χ1n) is 7.37. The van der Waals surface area contributed by atoms with Gasteiger partial charge in [0.15, 0.2) is 6.61 Å². The highest BCUT2D eigenvalue weighted by Crippen LogP contribution is 2.14. The molecule has 0 aliphatic rings. The van der Waals surface area contributed by atoms with Gasteiger partial charge in [-0.3, -0.25) is 9.59 Å². The minimum atomic E-state index is -0.593. The molecule has 7 heteroatoms. The highest BCUT2D eigenvalue weighted by molar-refractivity contribution is 7.12. The molecule has 1 heterocycles. The van der Waals surface area contributed by atoms with Gasteiger partial charge in [0.2, 0.25) is 0 Å². The molecular formula is C17H18N2O4S. The molecule has 0 bridgehead atoms. The lowest BCUT2D eigenvalue weighted by Gasteiger charge is -2.09. The van der Waals surface area contributed by atoms with Crippen LogP contribution in [0.5, 0.6) is 0 Å². The van der Waals surface area contributed by atoms with Crippen LogP contribution in [-0.2, 0) is 9.53 Å². The van der Waals surface area contributed by atoms with Crippen LogP contribution >= 0.6 is 11.3 Å². The zero-order valence-electron chi connectivity index (χ0n) is 13.4. The lowest BCUT2D eigenvalue weighted by molar-refractivity contribution is -0.124. The van der Waals surface area contributed by atoms with Crippen LogP contribution in [-0.4, -0.2) is 30.4 Å². The van der Waals surface area contributed by atoms with E-state index in [9.17, 15) is 14.4 Å². The van der Waals surface area contributed by atoms with Gasteiger partial charge >= 0.3 is 5.97 Å². The van der Waals surface area contributed by atoms with E-state index in [1.807, 2.05) is 19.2 Å². The number of benzene rings is 1. The molecule has 24 heavy (non-hydrogen) atoms. The van der Waals surface area contributed by atoms with Crippen LogP contribution in [0.4, 0.5) is 5.69 Å². The number of esters is 1. The predicted octanol–water partition coefficient (Wildman–Crippen LogP) is 2.68. The smallest absolute Gasteiger partial charge is 0.338 e. The predicted molar refractivity (Wildman–Crippen MR) is 92.3 cm³/mol. The number of thiophene rings is 1. The zero-order valence-corrected chi connectivity index (χ0v) is 14.2. The molecular weight excluding hydrogens is 328 g/mol. The number of hydrogen-bond acceptors (Lipinski definition) is 5. The second-order valence-corrected chi connectivity index (χ2v) is 6.25. The third-order valence-corrected chi connectivity index (χ3v) is 3.78. The molecule has 0 atom stereocenters. The minimum Gasteiger partial charge on any atom is -0.452 e. The van der Waals surface area contributed by atoms with Gasteiger partial charge in [0.1, 0.15) is 0 Å². The molecule has 126 valence electrons. The van der Waals surface area contributed by atoms with Crippen LogP contribution in [0.15, 0.2) is 41.8 Å². The number of amides is 2. The van der Waals surface area contributed by atoms with E-state index in [-0.39, 0.29) is 24.5 Å². The Balaban J connectivity index is 1.88. The standard InChI is InChI=1S/C17H18N2O4S/c1-11(2)18-15(20)10-23-17(22)12-5-7-13(8-6-12)19-16(21)14-4-3-9-24-14/h3-9,11H,10H2,1-2H3,(H,18,20)(H,19,21). The quantitative estimate of drug-likeness (QED) is 0.788. The number of ether oxygens (including phenoxy) is 1. The molecule has 2 N–H and O–H groups in total. The van der Waals surface area contributed by atoms with Crippen molar-refractivity contribution in [1.29, 1.82) is 0 Å². The van der Waals surface area contributed by atoms with Crippen molar-refractivity contribution in [3.05, 3.63) is 52.2 Å². The minimum absolute atomic E-state index is 0.0116. The zero-order chi connectivity index (χ0) is 17.5. The fourth-order valence-corrected chi connectivity index (χ4v) is 2.49. The largest absolute Gasteiger partial charge is 0.452 e. The summed E-state index contributed by atoms with van der Waals surface area (Å²) in [5, 5.41) is 7.19. The summed E-state index contributed by atoms with van der Waals surface area (Å²) in [5.41, 5.74) is 0.879. The second kappa shape index (κ2) is 8.26. The van der Waals surface area contributed by atoms with Crippen molar-refractivity contribution in [2.75, 3.05) is 11.9 Å². The molecule has 0 unspecified atom stereocenters. The van der Waals surface area contributed by atoms with E-state index in [0.29, 0.717) is 16.1 Å². The van der Waals surface area contributed by atoms with Crippen molar-refractivity contribution < 1.29 is 19.1 Å². The van der Waals surface area contributed by atoms with Crippen LogP contribution in [0.2, 0.25) is 0 Å². The monoisotopic (exact) mass is 346 g/mol. The van der Waals surface area contributed by atoms with Crippen LogP contribution < -0.4 is 10.6 Å². The van der Waals surface area contributed by atoms with Gasteiger partial charge in [-0.15, -0.1) is 11.3 Å². The molecule has 0 spiro atoms. The van der Waals surface area contributed by atoms with Gasteiger partial charge in [-0.1, -0.05) is 6.07 Å². The molecule has 0 aliphatic heterocycles. The molecule has 0 saturated heterocycles. The summed E-state index contributed by atoms with van der Waals surface area (Å²) in [7, 11) is 0. The summed E-state index contributed by atoms with van der Waals surface area (Å²) < 4.78 is 4.93. The van der Waals surface area contributed by atoms with Crippen LogP contribution in [0.25, 0.3) is 0 Å². The van der Waals surface area contributed by atoms with Crippen LogP contribution in [0.3, 0.4) is 0 Å². The van der Waals surface area contributed by atoms with Crippen molar-refractivity contribution >= 4 is 34.8 Å². The van der Waals surface area contributed by atoms with E-state index >= 15 is 0 Å². The molecule has 0 fully saturated rings. The summed E-state index contributed by atoms with van der Waals surface area (Å²) in [4.78, 5) is 35.8. The second-order valence-electron chi connectivity index (χ2n) is 5.31. The first kappa shape index (κ1) is 17.7. The molecule has 1 aromatic heterocycles. The number of nitrogens with one attached hydrogen (secondary N) is 2. The number of hydrogen-bond donors (Lipinski definition) is 2. The van der Waals surface area contributed by atoms with E-state index in [0.717, 1.165) is 0 Å². The van der Waals surface area contributed by atoms with E-state index < -0.39 is 5.97 Å². The Morgan fingerprint density at radius 1 is 1.12 bits per heavy atom. The normalized spacial score (nSPS) is 10.3. The number of carbonyl (C=O) groups excluding carboxylic acids is 3. The van der Waals surface area contributed by atoms with Crippen molar-refractivity contribution in [3.63, 3.8) is 0 Å². The summed E-state index contributed by atoms with van der Waals surface area (Å²) in [5.74, 6) is -1.14. The molecule has 2 rings (SSSR count). The summed E-state index contributed by atoms with van der Waals surface area (Å²) in [6, 6.07) is 9.80. The Labute approximate surface area is 143 Å². The van der Waals surface area contributed by atoms with Crippen LogP contribution in [0.1, 0.15) is 33.9 Å². The van der Waals surface area contributed by atoms with Crippen molar-refractivity contribution in [1.82, 2.24) is 5.32 Å². The molecule has 2 aromatic rings. The van der Waals surface area contributed by atoms with Gasteiger partial charge in [-0.25, -0.2) is 4.79 Å². The Bertz CT molecular complexity index is 709. The van der Waals surface area contributed by atoms with Gasteiger partial charge in [0.25, 0.3) is 11.8 Å².